The van der Waals surface area contributed by atoms with Crippen molar-refractivity contribution in [2.45, 2.75) is 10.9 Å². The Kier molecular flexibility index (Phi) is 5.79. The third-order valence-electron chi connectivity index (χ3n) is 4.60. The Hall–Kier alpha value is -2.41. The van der Waals surface area contributed by atoms with Gasteiger partial charge in [-0.1, -0.05) is 42.5 Å². The maximum absolute atomic E-state index is 12.8. The molecule has 0 radical (unpaired) electrons. The Morgan fingerprint density at radius 1 is 0.963 bits per heavy atom. The van der Waals surface area contributed by atoms with Gasteiger partial charge in [-0.15, -0.1) is 0 Å². The predicted molar refractivity (Wildman–Crippen MR) is 109 cm³/mol. The third-order valence-corrected chi connectivity index (χ3v) is 6.02. The summed E-state index contributed by atoms with van der Waals surface area (Å²) in [5.74, 6) is 0.747. The van der Waals surface area contributed by atoms with E-state index in [1.54, 1.807) is 19.2 Å². The highest BCUT2D eigenvalue weighted by Gasteiger charge is 2.20. The highest BCUT2D eigenvalue weighted by atomic mass is 32.2. The number of methoxy groups -OCH3 is 1. The van der Waals surface area contributed by atoms with Crippen molar-refractivity contribution in [3.05, 3.63) is 72.3 Å². The monoisotopic (exact) mass is 384 g/mol. The molecule has 5 nitrogen and oxygen atoms in total. The molecule has 0 aromatic heterocycles. The minimum atomic E-state index is -3.61. The van der Waals surface area contributed by atoms with Gasteiger partial charge in [0.2, 0.25) is 10.0 Å². The molecule has 6 heteroatoms. The fourth-order valence-electron chi connectivity index (χ4n) is 3.05. The smallest absolute Gasteiger partial charge is 0.240 e. The molecule has 0 fully saturated rings. The van der Waals surface area contributed by atoms with E-state index in [1.807, 2.05) is 73.6 Å². The summed E-state index contributed by atoms with van der Waals surface area (Å²) in [6.07, 6.45) is 0. The van der Waals surface area contributed by atoms with E-state index >= 15 is 0 Å². The summed E-state index contributed by atoms with van der Waals surface area (Å²) >= 11 is 0. The summed E-state index contributed by atoms with van der Waals surface area (Å²) in [5, 5.41) is 1.91. The van der Waals surface area contributed by atoms with E-state index < -0.39 is 10.0 Å². The summed E-state index contributed by atoms with van der Waals surface area (Å²) in [6, 6.07) is 20.4. The molecule has 142 valence electrons. The highest BCUT2D eigenvalue weighted by molar-refractivity contribution is 7.89. The molecule has 27 heavy (non-hydrogen) atoms. The number of sulfonamides is 1. The number of nitrogens with one attached hydrogen (secondary N) is 1. The van der Waals surface area contributed by atoms with Gasteiger partial charge in [-0.05, 0) is 54.7 Å². The number of likely N-dealkylation sites (N-methyl/N-ethyl adjacent to an activating group) is 1. The van der Waals surface area contributed by atoms with Crippen molar-refractivity contribution in [3.63, 3.8) is 0 Å². The van der Waals surface area contributed by atoms with Gasteiger partial charge in [0.05, 0.1) is 12.0 Å². The normalized spacial score (nSPS) is 13.0. The van der Waals surface area contributed by atoms with E-state index in [0.717, 1.165) is 22.1 Å². The fraction of sp³-hybridized carbons (Fsp3) is 0.238. The van der Waals surface area contributed by atoms with Crippen LogP contribution in [0.2, 0.25) is 0 Å². The van der Waals surface area contributed by atoms with Crippen LogP contribution in [0.3, 0.4) is 0 Å². The van der Waals surface area contributed by atoms with Gasteiger partial charge in [0.25, 0.3) is 0 Å². The SMILES string of the molecule is COc1cccc([C@@H](CNS(=O)(=O)c2ccc3ccccc3c2)N(C)C)c1. The molecule has 0 heterocycles. The molecule has 3 aromatic carbocycles. The quantitative estimate of drug-likeness (QED) is 0.678. The molecule has 0 bridgehead atoms. The summed E-state index contributed by atoms with van der Waals surface area (Å²) in [7, 11) is 1.86. The van der Waals surface area contributed by atoms with E-state index in [2.05, 4.69) is 4.72 Å². The molecule has 1 N–H and O–H groups in total. The number of nitrogens with zero attached hydrogens (tertiary/aromatic N) is 1. The number of rotatable bonds is 7. The summed E-state index contributed by atoms with van der Waals surface area (Å²) in [4.78, 5) is 2.25. The van der Waals surface area contributed by atoms with Crippen molar-refractivity contribution in [1.82, 2.24) is 9.62 Å². The van der Waals surface area contributed by atoms with Crippen molar-refractivity contribution in [2.24, 2.45) is 0 Å². The van der Waals surface area contributed by atoms with Crippen LogP contribution in [0.4, 0.5) is 0 Å². The Labute approximate surface area is 160 Å². The van der Waals surface area contributed by atoms with Crippen LogP contribution in [-0.4, -0.2) is 41.1 Å². The Balaban J connectivity index is 1.82. The first kappa shape index (κ1) is 19.4. The lowest BCUT2D eigenvalue weighted by Crippen LogP contribution is -2.34. The molecule has 3 aromatic rings. The molecule has 3 rings (SSSR count). The molecule has 0 aliphatic carbocycles. The molecular formula is C21H24N2O3S. The van der Waals surface area contributed by atoms with Crippen LogP contribution in [-0.2, 0) is 10.0 Å². The first-order chi connectivity index (χ1) is 12.9. The maximum atomic E-state index is 12.8. The lowest BCUT2D eigenvalue weighted by atomic mass is 10.1. The lowest BCUT2D eigenvalue weighted by molar-refractivity contribution is 0.298. The summed E-state index contributed by atoms with van der Waals surface area (Å²) in [5.41, 5.74) is 0.987. The molecule has 1 atom stereocenters. The van der Waals surface area contributed by atoms with Crippen LogP contribution in [0.15, 0.2) is 71.6 Å². The van der Waals surface area contributed by atoms with Gasteiger partial charge in [-0.2, -0.15) is 0 Å². The Morgan fingerprint density at radius 3 is 2.41 bits per heavy atom. The number of hydrogen-bond acceptors (Lipinski definition) is 4. The van der Waals surface area contributed by atoms with Crippen LogP contribution >= 0.6 is 0 Å². The topological polar surface area (TPSA) is 58.6 Å². The number of ether oxygens (including phenoxy) is 1. The van der Waals surface area contributed by atoms with Crippen molar-refractivity contribution in [2.75, 3.05) is 27.7 Å². The zero-order valence-corrected chi connectivity index (χ0v) is 16.5. The standard InChI is InChI=1S/C21H24N2O3S/c1-23(2)21(18-9-6-10-19(13-18)26-3)15-22-27(24,25)20-12-11-16-7-4-5-8-17(16)14-20/h4-14,21-22H,15H2,1-3H3/t21-/m1/s1. The lowest BCUT2D eigenvalue weighted by Gasteiger charge is -2.25. The fourth-order valence-corrected chi connectivity index (χ4v) is 4.13. The molecule has 0 aliphatic heterocycles. The molecule has 0 amide bonds. The van der Waals surface area contributed by atoms with E-state index in [9.17, 15) is 8.42 Å². The van der Waals surface area contributed by atoms with Gasteiger partial charge >= 0.3 is 0 Å². The van der Waals surface area contributed by atoms with Crippen molar-refractivity contribution < 1.29 is 13.2 Å². The van der Waals surface area contributed by atoms with Crippen molar-refractivity contribution in [1.29, 1.82) is 0 Å². The Bertz CT molecular complexity index is 1030. The first-order valence-corrected chi connectivity index (χ1v) is 10.2. The molecule has 0 saturated carbocycles. The van der Waals surface area contributed by atoms with E-state index in [0.29, 0.717) is 0 Å². The second kappa shape index (κ2) is 8.08. The van der Waals surface area contributed by atoms with Gasteiger partial charge in [-0.3, -0.25) is 0 Å². The number of hydrogen-bond donors (Lipinski definition) is 1. The first-order valence-electron chi connectivity index (χ1n) is 8.69. The predicted octanol–water partition coefficient (Wildman–Crippen LogP) is 3.43. The third kappa shape index (κ3) is 4.47. The van der Waals surface area contributed by atoms with E-state index in [1.165, 1.54) is 0 Å². The Morgan fingerprint density at radius 2 is 1.70 bits per heavy atom. The highest BCUT2D eigenvalue weighted by Crippen LogP contribution is 2.23. The van der Waals surface area contributed by atoms with Gasteiger partial charge < -0.3 is 9.64 Å². The molecule has 0 spiro atoms. The zero-order valence-electron chi connectivity index (χ0n) is 15.7. The van der Waals surface area contributed by atoms with Crippen LogP contribution < -0.4 is 9.46 Å². The van der Waals surface area contributed by atoms with Gasteiger partial charge in [0.1, 0.15) is 5.75 Å². The zero-order chi connectivity index (χ0) is 19.4. The van der Waals surface area contributed by atoms with Gasteiger partial charge in [0.15, 0.2) is 0 Å². The van der Waals surface area contributed by atoms with Crippen LogP contribution in [0, 0.1) is 0 Å². The second-order valence-corrected chi connectivity index (χ2v) is 8.38. The average Bonchev–Trinajstić information content (AvgIpc) is 2.67. The second-order valence-electron chi connectivity index (χ2n) is 6.62. The largest absolute Gasteiger partial charge is 0.497 e. The van der Waals surface area contributed by atoms with Crippen molar-refractivity contribution in [3.8, 4) is 5.75 Å². The number of benzene rings is 3. The summed E-state index contributed by atoms with van der Waals surface area (Å²) < 4.78 is 33.6. The minimum Gasteiger partial charge on any atom is -0.497 e. The van der Waals surface area contributed by atoms with Crippen LogP contribution in [0.1, 0.15) is 11.6 Å². The molecule has 0 unspecified atom stereocenters. The van der Waals surface area contributed by atoms with E-state index in [4.69, 9.17) is 4.74 Å². The average molecular weight is 385 g/mol. The molecular weight excluding hydrogens is 360 g/mol. The van der Waals surface area contributed by atoms with E-state index in [-0.39, 0.29) is 17.5 Å². The van der Waals surface area contributed by atoms with Gasteiger partial charge in [-0.25, -0.2) is 13.1 Å². The maximum Gasteiger partial charge on any atom is 0.240 e. The summed E-state index contributed by atoms with van der Waals surface area (Å²) in [6.45, 7) is 0.259. The minimum absolute atomic E-state index is 0.115. The van der Waals surface area contributed by atoms with Crippen LogP contribution in [0.5, 0.6) is 5.75 Å². The molecule has 0 saturated heterocycles. The van der Waals surface area contributed by atoms with Crippen molar-refractivity contribution >= 4 is 20.8 Å². The van der Waals surface area contributed by atoms with Gasteiger partial charge in [0, 0.05) is 12.6 Å². The number of fused-ring (bicyclic) bond motifs is 1. The molecule has 0 aliphatic rings. The van der Waals surface area contributed by atoms with Crippen LogP contribution in [0.25, 0.3) is 10.8 Å².